The Balaban J connectivity index is 1.67. The maximum atomic E-state index is 12.6. The van der Waals surface area contributed by atoms with Gasteiger partial charge in [0, 0.05) is 37.8 Å². The number of benzene rings is 1. The van der Waals surface area contributed by atoms with Crippen LogP contribution in [0.15, 0.2) is 24.3 Å². The van der Waals surface area contributed by atoms with Crippen molar-refractivity contribution in [2.24, 2.45) is 0 Å². The molecule has 1 aliphatic carbocycles. The Hall–Kier alpha value is -1.39. The van der Waals surface area contributed by atoms with Crippen LogP contribution in [0.3, 0.4) is 0 Å². The van der Waals surface area contributed by atoms with Crippen LogP contribution in [0.2, 0.25) is 0 Å². The summed E-state index contributed by atoms with van der Waals surface area (Å²) in [4.78, 5) is 16.9. The molecule has 1 amide bonds. The van der Waals surface area contributed by atoms with Gasteiger partial charge < -0.3 is 10.0 Å². The molecule has 1 aromatic carbocycles. The van der Waals surface area contributed by atoms with Crippen LogP contribution in [0.5, 0.6) is 0 Å². The molecular weight excluding hydrogens is 276 g/mol. The summed E-state index contributed by atoms with van der Waals surface area (Å²) in [6.45, 7) is 3.52. The SMILES string of the molecule is O=C(c1cccc(CN(CCO)C2CC2)c1)N1CCCCC1. The van der Waals surface area contributed by atoms with Crippen LogP contribution >= 0.6 is 0 Å². The number of nitrogens with zero attached hydrogens (tertiary/aromatic N) is 2. The number of carbonyl (C=O) groups excluding carboxylic acids is 1. The molecule has 4 nitrogen and oxygen atoms in total. The number of piperidine rings is 1. The molecule has 1 aliphatic heterocycles. The zero-order valence-electron chi connectivity index (χ0n) is 13.2. The molecule has 22 heavy (non-hydrogen) atoms. The first-order valence-corrected chi connectivity index (χ1v) is 8.51. The van der Waals surface area contributed by atoms with E-state index >= 15 is 0 Å². The first-order valence-electron chi connectivity index (χ1n) is 8.51. The van der Waals surface area contributed by atoms with Gasteiger partial charge in [0.15, 0.2) is 0 Å². The first kappa shape index (κ1) is 15.5. The molecule has 0 spiro atoms. The standard InChI is InChI=1S/C18H26N2O2/c21-12-11-20(17-7-8-17)14-15-5-4-6-16(13-15)18(22)19-9-2-1-3-10-19/h4-6,13,17,21H,1-3,7-12,14H2. The van der Waals surface area contributed by atoms with Gasteiger partial charge in [0.2, 0.25) is 0 Å². The number of carbonyl (C=O) groups is 1. The third-order valence-corrected chi connectivity index (χ3v) is 4.65. The summed E-state index contributed by atoms with van der Waals surface area (Å²) in [5.41, 5.74) is 1.97. The minimum atomic E-state index is 0.168. The molecule has 1 saturated heterocycles. The van der Waals surface area contributed by atoms with E-state index in [9.17, 15) is 9.90 Å². The molecule has 0 radical (unpaired) electrons. The zero-order chi connectivity index (χ0) is 15.4. The van der Waals surface area contributed by atoms with E-state index in [0.29, 0.717) is 6.04 Å². The van der Waals surface area contributed by atoms with Gasteiger partial charge in [-0.2, -0.15) is 0 Å². The van der Waals surface area contributed by atoms with Gasteiger partial charge in [-0.1, -0.05) is 12.1 Å². The minimum absolute atomic E-state index is 0.168. The predicted octanol–water partition coefficient (Wildman–Crippen LogP) is 2.27. The number of amides is 1. The second kappa shape index (κ2) is 7.25. The van der Waals surface area contributed by atoms with Gasteiger partial charge in [0.1, 0.15) is 0 Å². The lowest BCUT2D eigenvalue weighted by Crippen LogP contribution is -2.35. The normalized spacial score (nSPS) is 18.7. The molecule has 1 heterocycles. The Morgan fingerprint density at radius 1 is 1.23 bits per heavy atom. The van der Waals surface area contributed by atoms with E-state index < -0.39 is 0 Å². The number of rotatable bonds is 6. The van der Waals surface area contributed by atoms with Gasteiger partial charge >= 0.3 is 0 Å². The van der Waals surface area contributed by atoms with E-state index in [0.717, 1.165) is 44.6 Å². The smallest absolute Gasteiger partial charge is 0.253 e. The van der Waals surface area contributed by atoms with E-state index in [1.807, 2.05) is 23.1 Å². The monoisotopic (exact) mass is 302 g/mol. The van der Waals surface area contributed by atoms with Crippen molar-refractivity contribution in [3.05, 3.63) is 35.4 Å². The Bertz CT molecular complexity index is 508. The third-order valence-electron chi connectivity index (χ3n) is 4.65. The van der Waals surface area contributed by atoms with Crippen LogP contribution in [0, 0.1) is 0 Å². The van der Waals surface area contributed by atoms with Crippen molar-refractivity contribution < 1.29 is 9.90 Å². The third kappa shape index (κ3) is 3.87. The van der Waals surface area contributed by atoms with Crippen molar-refractivity contribution >= 4 is 5.91 Å². The van der Waals surface area contributed by atoms with Crippen LogP contribution in [-0.4, -0.2) is 53.1 Å². The average Bonchev–Trinajstić information content (AvgIpc) is 3.40. The molecule has 4 heteroatoms. The van der Waals surface area contributed by atoms with Gasteiger partial charge in [0.05, 0.1) is 6.61 Å². The van der Waals surface area contributed by atoms with E-state index in [-0.39, 0.29) is 12.5 Å². The Kier molecular flexibility index (Phi) is 5.11. The highest BCUT2D eigenvalue weighted by Crippen LogP contribution is 2.28. The highest BCUT2D eigenvalue weighted by molar-refractivity contribution is 5.94. The molecular formula is C18H26N2O2. The summed E-state index contributed by atoms with van der Waals surface area (Å²) >= 11 is 0. The Morgan fingerprint density at radius 2 is 2.00 bits per heavy atom. The molecule has 0 aromatic heterocycles. The number of likely N-dealkylation sites (tertiary alicyclic amines) is 1. The molecule has 0 bridgehead atoms. The summed E-state index contributed by atoms with van der Waals surface area (Å²) in [5, 5.41) is 9.20. The lowest BCUT2D eigenvalue weighted by Gasteiger charge is -2.27. The molecule has 1 saturated carbocycles. The van der Waals surface area contributed by atoms with Gasteiger partial charge in [-0.3, -0.25) is 9.69 Å². The summed E-state index contributed by atoms with van der Waals surface area (Å²) in [6, 6.07) is 8.64. The summed E-state index contributed by atoms with van der Waals surface area (Å²) in [6.07, 6.45) is 5.94. The van der Waals surface area contributed by atoms with Crippen LogP contribution in [-0.2, 0) is 6.54 Å². The quantitative estimate of drug-likeness (QED) is 0.876. The van der Waals surface area contributed by atoms with E-state index in [4.69, 9.17) is 0 Å². The topological polar surface area (TPSA) is 43.8 Å². The molecule has 0 atom stereocenters. The lowest BCUT2D eigenvalue weighted by molar-refractivity contribution is 0.0724. The maximum Gasteiger partial charge on any atom is 0.253 e. The van der Waals surface area contributed by atoms with Crippen molar-refractivity contribution in [2.75, 3.05) is 26.2 Å². The van der Waals surface area contributed by atoms with E-state index in [2.05, 4.69) is 11.0 Å². The summed E-state index contributed by atoms with van der Waals surface area (Å²) in [7, 11) is 0. The lowest BCUT2D eigenvalue weighted by atomic mass is 10.1. The van der Waals surface area contributed by atoms with Gasteiger partial charge in [0.25, 0.3) is 5.91 Å². The van der Waals surface area contributed by atoms with Crippen LogP contribution in [0.4, 0.5) is 0 Å². The van der Waals surface area contributed by atoms with Crippen molar-refractivity contribution in [2.45, 2.75) is 44.7 Å². The van der Waals surface area contributed by atoms with Crippen molar-refractivity contribution in [3.63, 3.8) is 0 Å². The van der Waals surface area contributed by atoms with Crippen molar-refractivity contribution in [3.8, 4) is 0 Å². The number of aliphatic hydroxyl groups excluding tert-OH is 1. The molecule has 120 valence electrons. The summed E-state index contributed by atoms with van der Waals surface area (Å²) < 4.78 is 0. The van der Waals surface area contributed by atoms with Crippen molar-refractivity contribution in [1.82, 2.24) is 9.80 Å². The average molecular weight is 302 g/mol. The number of hydrogen-bond donors (Lipinski definition) is 1. The molecule has 1 aromatic rings. The van der Waals surface area contributed by atoms with E-state index in [1.165, 1.54) is 24.8 Å². The van der Waals surface area contributed by atoms with E-state index in [1.54, 1.807) is 0 Å². The fraction of sp³-hybridized carbons (Fsp3) is 0.611. The molecule has 1 N–H and O–H groups in total. The Labute approximate surface area is 132 Å². The second-order valence-corrected chi connectivity index (χ2v) is 6.48. The number of aliphatic hydroxyl groups is 1. The molecule has 2 aliphatic rings. The van der Waals surface area contributed by atoms with Gasteiger partial charge in [-0.15, -0.1) is 0 Å². The highest BCUT2D eigenvalue weighted by Gasteiger charge is 2.28. The van der Waals surface area contributed by atoms with Crippen LogP contribution < -0.4 is 0 Å². The summed E-state index contributed by atoms with van der Waals surface area (Å²) in [5.74, 6) is 0.168. The highest BCUT2D eigenvalue weighted by atomic mass is 16.3. The minimum Gasteiger partial charge on any atom is -0.395 e. The predicted molar refractivity (Wildman–Crippen MR) is 86.7 cm³/mol. The number of hydrogen-bond acceptors (Lipinski definition) is 3. The molecule has 0 unspecified atom stereocenters. The maximum absolute atomic E-state index is 12.6. The second-order valence-electron chi connectivity index (χ2n) is 6.48. The molecule has 2 fully saturated rings. The van der Waals surface area contributed by atoms with Gasteiger partial charge in [-0.25, -0.2) is 0 Å². The first-order chi connectivity index (χ1) is 10.8. The fourth-order valence-corrected chi connectivity index (χ4v) is 3.28. The largest absolute Gasteiger partial charge is 0.395 e. The fourth-order valence-electron chi connectivity index (χ4n) is 3.28. The van der Waals surface area contributed by atoms with Gasteiger partial charge in [-0.05, 0) is 49.8 Å². The van der Waals surface area contributed by atoms with Crippen LogP contribution in [0.1, 0.15) is 48.0 Å². The van der Waals surface area contributed by atoms with Crippen molar-refractivity contribution in [1.29, 1.82) is 0 Å². The zero-order valence-corrected chi connectivity index (χ0v) is 13.2. The Morgan fingerprint density at radius 3 is 2.68 bits per heavy atom. The van der Waals surface area contributed by atoms with Crippen LogP contribution in [0.25, 0.3) is 0 Å². The molecule has 3 rings (SSSR count).